The second-order valence-electron chi connectivity index (χ2n) is 2.96. The van der Waals surface area contributed by atoms with Gasteiger partial charge in [0, 0.05) is 7.05 Å². The highest BCUT2D eigenvalue weighted by Gasteiger charge is 2.21. The molecule has 0 aliphatic heterocycles. The van der Waals surface area contributed by atoms with Crippen LogP contribution in [0.25, 0.3) is 0 Å². The second-order valence-corrected chi connectivity index (χ2v) is 2.96. The summed E-state index contributed by atoms with van der Waals surface area (Å²) in [5, 5.41) is 16.3. The third kappa shape index (κ3) is 2.05. The largest absolute Gasteiger partial charge is 0.481 e. The molecule has 0 saturated heterocycles. The highest BCUT2D eigenvalue weighted by atomic mass is 16.4. The molecule has 72 valence electrons. The van der Waals surface area contributed by atoms with Crippen LogP contribution in [0.15, 0.2) is 6.20 Å². The van der Waals surface area contributed by atoms with Gasteiger partial charge in [0.25, 0.3) is 0 Å². The van der Waals surface area contributed by atoms with Crippen LogP contribution < -0.4 is 0 Å². The summed E-state index contributed by atoms with van der Waals surface area (Å²) in [6, 6.07) is 0. The molecule has 1 unspecified atom stereocenters. The van der Waals surface area contributed by atoms with Crippen molar-refractivity contribution in [2.24, 2.45) is 7.05 Å². The van der Waals surface area contributed by atoms with Crippen LogP contribution in [0.4, 0.5) is 0 Å². The van der Waals surface area contributed by atoms with Crippen molar-refractivity contribution in [2.45, 2.75) is 25.7 Å². The average molecular weight is 183 g/mol. The fraction of sp³-hybridized carbons (Fsp3) is 0.625. The van der Waals surface area contributed by atoms with Gasteiger partial charge in [-0.3, -0.25) is 9.48 Å². The number of nitrogens with zero attached hydrogens (tertiary/aromatic N) is 3. The van der Waals surface area contributed by atoms with Gasteiger partial charge in [-0.1, -0.05) is 18.6 Å². The van der Waals surface area contributed by atoms with E-state index in [4.69, 9.17) is 5.11 Å². The Morgan fingerprint density at radius 3 is 2.85 bits per heavy atom. The summed E-state index contributed by atoms with van der Waals surface area (Å²) >= 11 is 0. The van der Waals surface area contributed by atoms with Crippen molar-refractivity contribution in [1.82, 2.24) is 15.0 Å². The number of carboxylic acid groups (broad SMARTS) is 1. The molecule has 1 heterocycles. The Morgan fingerprint density at radius 2 is 2.46 bits per heavy atom. The SMILES string of the molecule is CCCC(C(=O)O)c1cnnn1C. The Morgan fingerprint density at radius 1 is 1.77 bits per heavy atom. The van der Waals surface area contributed by atoms with Crippen LogP contribution in [0, 0.1) is 0 Å². The minimum atomic E-state index is -0.813. The molecule has 1 N–H and O–H groups in total. The first-order valence-corrected chi connectivity index (χ1v) is 4.24. The first-order valence-electron chi connectivity index (χ1n) is 4.24. The second kappa shape index (κ2) is 4.02. The summed E-state index contributed by atoms with van der Waals surface area (Å²) in [6.07, 6.45) is 2.97. The van der Waals surface area contributed by atoms with Gasteiger partial charge in [0.2, 0.25) is 0 Å². The van der Waals surface area contributed by atoms with E-state index >= 15 is 0 Å². The first kappa shape index (κ1) is 9.70. The van der Waals surface area contributed by atoms with E-state index in [0.717, 1.165) is 6.42 Å². The van der Waals surface area contributed by atoms with Gasteiger partial charge in [-0.15, -0.1) is 5.10 Å². The van der Waals surface area contributed by atoms with Gasteiger partial charge in [0.1, 0.15) is 5.92 Å². The molecule has 1 aromatic rings. The Labute approximate surface area is 76.4 Å². The van der Waals surface area contributed by atoms with E-state index in [1.54, 1.807) is 7.05 Å². The van der Waals surface area contributed by atoms with Crippen LogP contribution >= 0.6 is 0 Å². The van der Waals surface area contributed by atoms with E-state index in [-0.39, 0.29) is 0 Å². The van der Waals surface area contributed by atoms with Crippen LogP contribution in [0.2, 0.25) is 0 Å². The lowest BCUT2D eigenvalue weighted by molar-refractivity contribution is -0.139. The summed E-state index contributed by atoms with van der Waals surface area (Å²) < 4.78 is 1.51. The molecule has 0 amide bonds. The maximum absolute atomic E-state index is 10.9. The highest BCUT2D eigenvalue weighted by molar-refractivity contribution is 5.75. The van der Waals surface area contributed by atoms with E-state index in [2.05, 4.69) is 10.3 Å². The third-order valence-electron chi connectivity index (χ3n) is 1.98. The third-order valence-corrected chi connectivity index (χ3v) is 1.98. The van der Waals surface area contributed by atoms with E-state index in [1.807, 2.05) is 6.92 Å². The lowest BCUT2D eigenvalue weighted by Crippen LogP contribution is -2.15. The molecule has 0 spiro atoms. The summed E-state index contributed by atoms with van der Waals surface area (Å²) in [6.45, 7) is 1.96. The number of aliphatic carboxylic acids is 1. The number of rotatable bonds is 4. The Bertz CT molecular complexity index is 295. The van der Waals surface area contributed by atoms with Crippen molar-refractivity contribution in [3.8, 4) is 0 Å². The van der Waals surface area contributed by atoms with Gasteiger partial charge in [-0.05, 0) is 6.42 Å². The Hall–Kier alpha value is -1.39. The minimum absolute atomic E-state index is 0.481. The van der Waals surface area contributed by atoms with E-state index in [0.29, 0.717) is 12.1 Å². The number of hydrogen-bond acceptors (Lipinski definition) is 3. The molecule has 5 heteroatoms. The maximum atomic E-state index is 10.9. The van der Waals surface area contributed by atoms with Crippen LogP contribution in [0.3, 0.4) is 0 Å². The molecule has 0 aromatic carbocycles. The van der Waals surface area contributed by atoms with Crippen molar-refractivity contribution in [1.29, 1.82) is 0 Å². The van der Waals surface area contributed by atoms with Crippen molar-refractivity contribution in [3.63, 3.8) is 0 Å². The van der Waals surface area contributed by atoms with E-state index < -0.39 is 11.9 Å². The van der Waals surface area contributed by atoms with Gasteiger partial charge in [-0.2, -0.15) is 0 Å². The zero-order valence-electron chi connectivity index (χ0n) is 7.77. The number of aryl methyl sites for hydroxylation is 1. The number of hydrogen-bond donors (Lipinski definition) is 1. The molecule has 0 bridgehead atoms. The lowest BCUT2D eigenvalue weighted by atomic mass is 10.0. The average Bonchev–Trinajstić information content (AvgIpc) is 2.47. The van der Waals surface area contributed by atoms with E-state index in [9.17, 15) is 4.79 Å². The molecule has 1 atom stereocenters. The topological polar surface area (TPSA) is 68.0 Å². The fourth-order valence-electron chi connectivity index (χ4n) is 1.30. The smallest absolute Gasteiger partial charge is 0.312 e. The standard InChI is InChI=1S/C8H13N3O2/c1-3-4-6(8(12)13)7-5-9-10-11(7)2/h5-6H,3-4H2,1-2H3,(H,12,13). The summed E-state index contributed by atoms with van der Waals surface area (Å²) in [7, 11) is 1.70. The summed E-state index contributed by atoms with van der Waals surface area (Å²) in [5.41, 5.74) is 0.661. The summed E-state index contributed by atoms with van der Waals surface area (Å²) in [4.78, 5) is 10.9. The number of carbonyl (C=O) groups is 1. The normalized spacial score (nSPS) is 12.8. The fourth-order valence-corrected chi connectivity index (χ4v) is 1.30. The highest BCUT2D eigenvalue weighted by Crippen LogP contribution is 2.19. The van der Waals surface area contributed by atoms with Crippen LogP contribution in [0.5, 0.6) is 0 Å². The minimum Gasteiger partial charge on any atom is -0.481 e. The molecule has 1 rings (SSSR count). The van der Waals surface area contributed by atoms with Gasteiger partial charge in [0.15, 0.2) is 0 Å². The molecular weight excluding hydrogens is 170 g/mol. The van der Waals surface area contributed by atoms with Gasteiger partial charge in [-0.25, -0.2) is 0 Å². The Balaban J connectivity index is 2.88. The van der Waals surface area contributed by atoms with Gasteiger partial charge < -0.3 is 5.11 Å². The molecular formula is C8H13N3O2. The van der Waals surface area contributed by atoms with Crippen molar-refractivity contribution in [2.75, 3.05) is 0 Å². The van der Waals surface area contributed by atoms with Crippen molar-refractivity contribution < 1.29 is 9.90 Å². The summed E-state index contributed by atoms with van der Waals surface area (Å²) in [5.74, 6) is -1.29. The van der Waals surface area contributed by atoms with Gasteiger partial charge >= 0.3 is 5.97 Å². The number of carboxylic acids is 1. The molecule has 13 heavy (non-hydrogen) atoms. The number of aromatic nitrogens is 3. The molecule has 0 aliphatic carbocycles. The zero-order chi connectivity index (χ0) is 9.84. The van der Waals surface area contributed by atoms with Crippen molar-refractivity contribution in [3.05, 3.63) is 11.9 Å². The van der Waals surface area contributed by atoms with Crippen LogP contribution in [-0.4, -0.2) is 26.1 Å². The molecule has 1 aromatic heterocycles. The zero-order valence-corrected chi connectivity index (χ0v) is 7.77. The predicted molar refractivity (Wildman–Crippen MR) is 46.3 cm³/mol. The maximum Gasteiger partial charge on any atom is 0.312 e. The molecule has 0 saturated carbocycles. The predicted octanol–water partition coefficient (Wildman–Crippen LogP) is 0.783. The van der Waals surface area contributed by atoms with Crippen molar-refractivity contribution >= 4 is 5.97 Å². The first-order chi connectivity index (χ1) is 6.16. The lowest BCUT2D eigenvalue weighted by Gasteiger charge is -2.09. The molecule has 0 radical (unpaired) electrons. The van der Waals surface area contributed by atoms with Gasteiger partial charge in [0.05, 0.1) is 11.9 Å². The van der Waals surface area contributed by atoms with E-state index in [1.165, 1.54) is 10.9 Å². The molecule has 0 aliphatic rings. The van der Waals surface area contributed by atoms with Crippen LogP contribution in [-0.2, 0) is 11.8 Å². The molecule has 5 nitrogen and oxygen atoms in total. The monoisotopic (exact) mass is 183 g/mol. The molecule has 0 fully saturated rings. The quantitative estimate of drug-likeness (QED) is 0.749. The Kier molecular flexibility index (Phi) is 3.00. The van der Waals surface area contributed by atoms with Crippen LogP contribution in [0.1, 0.15) is 31.4 Å².